The van der Waals surface area contributed by atoms with Crippen molar-refractivity contribution in [3.05, 3.63) is 24.3 Å². The Morgan fingerprint density at radius 1 is 1.20 bits per heavy atom. The highest BCUT2D eigenvalue weighted by molar-refractivity contribution is 5.70. The zero-order valence-corrected chi connectivity index (χ0v) is 11.5. The second-order valence-electron chi connectivity index (χ2n) is 5.91. The monoisotopic (exact) mass is 272 g/mol. The Morgan fingerprint density at radius 3 is 2.30 bits per heavy atom. The molecule has 2 aliphatic carbocycles. The van der Waals surface area contributed by atoms with Gasteiger partial charge in [0.05, 0.1) is 7.11 Å². The fourth-order valence-corrected chi connectivity index (χ4v) is 3.11. The third-order valence-corrected chi connectivity index (χ3v) is 4.48. The van der Waals surface area contributed by atoms with Crippen molar-refractivity contribution < 1.29 is 14.2 Å². The lowest BCUT2D eigenvalue weighted by Gasteiger charge is -2.17. The van der Waals surface area contributed by atoms with Crippen LogP contribution in [-0.4, -0.2) is 23.5 Å². The van der Waals surface area contributed by atoms with Crippen molar-refractivity contribution in [2.24, 2.45) is 17.0 Å². The number of hydrogen-bond acceptors (Lipinski definition) is 3. The molecular formula is C15H18N3O2+. The molecule has 2 saturated carbocycles. The van der Waals surface area contributed by atoms with Crippen LogP contribution in [0.15, 0.2) is 29.4 Å². The molecule has 1 aromatic carbocycles. The van der Waals surface area contributed by atoms with Crippen LogP contribution in [0.4, 0.5) is 10.5 Å². The van der Waals surface area contributed by atoms with E-state index in [-0.39, 0.29) is 11.7 Å². The number of methoxy groups -OCH3 is 1. The van der Waals surface area contributed by atoms with Gasteiger partial charge in [0.1, 0.15) is 5.75 Å². The average Bonchev–Trinajstić information content (AvgIpc) is 3.37. The molecule has 20 heavy (non-hydrogen) atoms. The number of benzene rings is 1. The maximum atomic E-state index is 12.3. The van der Waals surface area contributed by atoms with Crippen molar-refractivity contribution in [2.75, 3.05) is 7.11 Å². The van der Waals surface area contributed by atoms with Crippen molar-refractivity contribution >= 4 is 11.7 Å². The summed E-state index contributed by atoms with van der Waals surface area (Å²) in [5.41, 5.74) is 0.475. The molecule has 4 rings (SSSR count). The lowest BCUT2D eigenvalue weighted by atomic mass is 10.00. The van der Waals surface area contributed by atoms with Crippen molar-refractivity contribution in [1.29, 1.82) is 0 Å². The zero-order chi connectivity index (χ0) is 13.7. The van der Waals surface area contributed by atoms with E-state index in [1.54, 1.807) is 7.11 Å². The number of nitrogens with one attached hydrogen (secondary N) is 1. The largest absolute Gasteiger partial charge is 0.519 e. The summed E-state index contributed by atoms with van der Waals surface area (Å²) in [6.45, 7) is 0. The molecule has 0 aromatic heterocycles. The summed E-state index contributed by atoms with van der Waals surface area (Å²) in [5.74, 6) is 1.84. The molecule has 0 bridgehead atoms. The quantitative estimate of drug-likeness (QED) is 0.856. The number of azo groups is 2. The van der Waals surface area contributed by atoms with Crippen LogP contribution >= 0.6 is 0 Å². The molecule has 0 atom stereocenters. The number of nitrogens with zero attached hydrogens (tertiary/aromatic N) is 2. The van der Waals surface area contributed by atoms with Crippen molar-refractivity contribution in [2.45, 2.75) is 31.3 Å². The summed E-state index contributed by atoms with van der Waals surface area (Å²) in [6.07, 6.45) is 4.71. The SMILES string of the molecule is COc1ccc([N+]2=NC(C3CC3)(C3CC3)NC2=O)cc1. The third-order valence-electron chi connectivity index (χ3n) is 4.48. The molecule has 1 heterocycles. The smallest absolute Gasteiger partial charge is 0.497 e. The van der Waals surface area contributed by atoms with Crippen LogP contribution in [0.5, 0.6) is 5.75 Å². The Labute approximate surface area is 117 Å². The van der Waals surface area contributed by atoms with E-state index < -0.39 is 0 Å². The van der Waals surface area contributed by atoms with E-state index in [1.807, 2.05) is 24.3 Å². The summed E-state index contributed by atoms with van der Waals surface area (Å²) < 4.78 is 6.67. The minimum Gasteiger partial charge on any atom is -0.497 e. The zero-order valence-electron chi connectivity index (χ0n) is 11.5. The summed E-state index contributed by atoms with van der Waals surface area (Å²) in [4.78, 5) is 12.3. The first kappa shape index (κ1) is 11.9. The first-order valence-electron chi connectivity index (χ1n) is 7.22. The molecule has 1 aromatic rings. The second kappa shape index (κ2) is 4.04. The van der Waals surface area contributed by atoms with Gasteiger partial charge in [-0.15, -0.1) is 0 Å². The van der Waals surface area contributed by atoms with E-state index in [4.69, 9.17) is 9.85 Å². The summed E-state index contributed by atoms with van der Waals surface area (Å²) >= 11 is 0. The molecule has 2 fully saturated rings. The van der Waals surface area contributed by atoms with E-state index in [9.17, 15) is 4.79 Å². The minimum absolute atomic E-state index is 0.103. The van der Waals surface area contributed by atoms with Crippen molar-refractivity contribution in [1.82, 2.24) is 5.32 Å². The van der Waals surface area contributed by atoms with Gasteiger partial charge in [0, 0.05) is 11.8 Å². The molecule has 0 saturated heterocycles. The van der Waals surface area contributed by atoms with Crippen LogP contribution in [0, 0.1) is 11.8 Å². The van der Waals surface area contributed by atoms with E-state index in [1.165, 1.54) is 30.4 Å². The van der Waals surface area contributed by atoms with Gasteiger partial charge in [-0.1, -0.05) is 9.81 Å². The first-order valence-corrected chi connectivity index (χ1v) is 7.22. The van der Waals surface area contributed by atoms with Gasteiger partial charge < -0.3 is 4.74 Å². The second-order valence-corrected chi connectivity index (χ2v) is 5.91. The van der Waals surface area contributed by atoms with E-state index >= 15 is 0 Å². The van der Waals surface area contributed by atoms with Crippen LogP contribution in [0.25, 0.3) is 0 Å². The number of urea groups is 1. The Morgan fingerprint density at radius 2 is 1.80 bits per heavy atom. The molecule has 104 valence electrons. The molecule has 1 aliphatic heterocycles. The van der Waals surface area contributed by atoms with Gasteiger partial charge in [0.25, 0.3) is 0 Å². The van der Waals surface area contributed by atoms with Gasteiger partial charge >= 0.3 is 6.03 Å². The topological polar surface area (TPSA) is 53.7 Å². The van der Waals surface area contributed by atoms with Gasteiger partial charge in [-0.3, -0.25) is 0 Å². The lowest BCUT2D eigenvalue weighted by Crippen LogP contribution is -2.46. The van der Waals surface area contributed by atoms with Crippen molar-refractivity contribution in [3.63, 3.8) is 0 Å². The third kappa shape index (κ3) is 1.72. The molecule has 2 amide bonds. The van der Waals surface area contributed by atoms with Crippen LogP contribution < -0.4 is 10.1 Å². The van der Waals surface area contributed by atoms with Gasteiger partial charge in [0.15, 0.2) is 5.69 Å². The Kier molecular flexibility index (Phi) is 2.40. The molecule has 5 heteroatoms. The van der Waals surface area contributed by atoms with Gasteiger partial charge in [-0.2, -0.15) is 4.79 Å². The fraction of sp³-hybridized carbons (Fsp3) is 0.533. The van der Waals surface area contributed by atoms with Gasteiger partial charge in [-0.05, 0) is 49.9 Å². The number of amides is 2. The normalized spacial score (nSPS) is 24.2. The molecule has 1 N–H and O–H groups in total. The molecule has 3 aliphatic rings. The highest BCUT2D eigenvalue weighted by Crippen LogP contribution is 2.54. The number of hydrogen-bond donors (Lipinski definition) is 1. The van der Waals surface area contributed by atoms with Crippen LogP contribution in [0.3, 0.4) is 0 Å². The summed E-state index contributed by atoms with van der Waals surface area (Å²) in [7, 11) is 1.63. The first-order chi connectivity index (χ1) is 9.73. The maximum Gasteiger partial charge on any atom is 0.519 e. The molecular weight excluding hydrogens is 254 g/mol. The number of ether oxygens (including phenoxy) is 1. The fourth-order valence-electron chi connectivity index (χ4n) is 3.11. The molecule has 0 radical (unpaired) electrons. The Balaban J connectivity index is 1.70. The number of rotatable bonds is 4. The van der Waals surface area contributed by atoms with Crippen LogP contribution in [0.2, 0.25) is 0 Å². The lowest BCUT2D eigenvalue weighted by molar-refractivity contribution is -0.404. The molecule has 5 nitrogen and oxygen atoms in total. The maximum absolute atomic E-state index is 12.3. The van der Waals surface area contributed by atoms with E-state index in [2.05, 4.69) is 5.32 Å². The van der Waals surface area contributed by atoms with Crippen LogP contribution in [0.1, 0.15) is 25.7 Å². The number of carbonyl (C=O) groups excluding carboxylic acids is 1. The highest BCUT2D eigenvalue weighted by atomic mass is 16.5. The predicted molar refractivity (Wildman–Crippen MR) is 72.1 cm³/mol. The average molecular weight is 272 g/mol. The summed E-state index contributed by atoms with van der Waals surface area (Å²) in [6, 6.07) is 7.35. The molecule has 0 unspecified atom stereocenters. The minimum atomic E-state index is -0.322. The van der Waals surface area contributed by atoms with Gasteiger partial charge in [-0.25, -0.2) is 5.32 Å². The van der Waals surface area contributed by atoms with E-state index in [0.29, 0.717) is 11.8 Å². The highest BCUT2D eigenvalue weighted by Gasteiger charge is 2.64. The predicted octanol–water partition coefficient (Wildman–Crippen LogP) is 3.03. The Bertz CT molecular complexity index is 574. The standard InChI is InChI=1S/C15H17N3O2/c1-20-13-8-6-12(7-9-13)18-14(19)16-15(17-18,10-2-3-10)11-4-5-11/h6-11H,2-5H2,1H3/p+1. The number of carbonyl (C=O) groups is 1. The Hall–Kier alpha value is -1.91. The van der Waals surface area contributed by atoms with Crippen molar-refractivity contribution in [3.8, 4) is 5.75 Å². The van der Waals surface area contributed by atoms with E-state index in [0.717, 1.165) is 11.4 Å². The summed E-state index contributed by atoms with van der Waals surface area (Å²) in [5, 5.41) is 7.94. The van der Waals surface area contributed by atoms with Gasteiger partial charge in [0.2, 0.25) is 5.66 Å². The molecule has 0 spiro atoms. The van der Waals surface area contributed by atoms with Crippen LogP contribution in [-0.2, 0) is 0 Å².